The standard InChI is InChI=1S/C18H30N2O/c1-3-15(2)20-13-6-16(19-20)14-18(21)11-9-17(10-12-18)7-4-5-8-17/h6,13,15,21H,3-5,7-12,14H2,1-2H3. The summed E-state index contributed by atoms with van der Waals surface area (Å²) in [4.78, 5) is 0. The third-order valence-corrected chi connectivity index (χ3v) is 6.12. The second-order valence-corrected chi connectivity index (χ2v) is 7.65. The van der Waals surface area contributed by atoms with Gasteiger partial charge in [-0.15, -0.1) is 0 Å². The molecular formula is C18H30N2O. The number of aliphatic hydroxyl groups is 1. The normalized spacial score (nSPS) is 25.3. The van der Waals surface area contributed by atoms with Crippen molar-refractivity contribution in [1.82, 2.24) is 9.78 Å². The molecule has 1 N–H and O–H groups in total. The molecule has 21 heavy (non-hydrogen) atoms. The molecule has 0 bridgehead atoms. The van der Waals surface area contributed by atoms with Gasteiger partial charge < -0.3 is 5.11 Å². The van der Waals surface area contributed by atoms with E-state index in [1.54, 1.807) is 0 Å². The highest BCUT2D eigenvalue weighted by molar-refractivity contribution is 5.07. The first-order valence-electron chi connectivity index (χ1n) is 8.81. The zero-order valence-electron chi connectivity index (χ0n) is 13.6. The van der Waals surface area contributed by atoms with Crippen LogP contribution in [-0.4, -0.2) is 20.5 Å². The van der Waals surface area contributed by atoms with E-state index < -0.39 is 5.60 Å². The maximum atomic E-state index is 10.9. The van der Waals surface area contributed by atoms with Crippen LogP contribution >= 0.6 is 0 Å². The van der Waals surface area contributed by atoms with E-state index in [0.29, 0.717) is 11.5 Å². The molecular weight excluding hydrogens is 260 g/mol. The average molecular weight is 290 g/mol. The highest BCUT2D eigenvalue weighted by atomic mass is 16.3. The summed E-state index contributed by atoms with van der Waals surface area (Å²) in [5.41, 5.74) is 1.13. The van der Waals surface area contributed by atoms with Gasteiger partial charge in [-0.3, -0.25) is 4.68 Å². The van der Waals surface area contributed by atoms with Crippen molar-refractivity contribution < 1.29 is 5.11 Å². The van der Waals surface area contributed by atoms with Gasteiger partial charge in [-0.05, 0) is 63.4 Å². The highest BCUT2D eigenvalue weighted by Crippen LogP contribution is 2.51. The predicted molar refractivity (Wildman–Crippen MR) is 85.3 cm³/mol. The fraction of sp³-hybridized carbons (Fsp3) is 0.833. The van der Waals surface area contributed by atoms with E-state index in [1.165, 1.54) is 38.5 Å². The number of nitrogens with zero attached hydrogens (tertiary/aromatic N) is 2. The van der Waals surface area contributed by atoms with Crippen LogP contribution in [0.5, 0.6) is 0 Å². The van der Waals surface area contributed by atoms with Gasteiger partial charge in [0.2, 0.25) is 0 Å². The van der Waals surface area contributed by atoms with Crippen molar-refractivity contribution in [3.8, 4) is 0 Å². The summed E-state index contributed by atoms with van der Waals surface area (Å²) in [6, 6.07) is 2.53. The molecule has 2 aliphatic carbocycles. The van der Waals surface area contributed by atoms with Gasteiger partial charge in [-0.2, -0.15) is 5.10 Å². The summed E-state index contributed by atoms with van der Waals surface area (Å²) in [7, 11) is 0. The van der Waals surface area contributed by atoms with Crippen LogP contribution in [0, 0.1) is 5.41 Å². The van der Waals surface area contributed by atoms with Crippen molar-refractivity contribution in [2.24, 2.45) is 5.41 Å². The zero-order valence-corrected chi connectivity index (χ0v) is 13.6. The Kier molecular flexibility index (Phi) is 4.13. The van der Waals surface area contributed by atoms with Gasteiger partial charge in [0.1, 0.15) is 0 Å². The molecule has 2 fully saturated rings. The van der Waals surface area contributed by atoms with E-state index in [0.717, 1.165) is 31.4 Å². The summed E-state index contributed by atoms with van der Waals surface area (Å²) in [6.07, 6.45) is 13.8. The lowest BCUT2D eigenvalue weighted by atomic mass is 9.67. The highest BCUT2D eigenvalue weighted by Gasteiger charge is 2.43. The minimum absolute atomic E-state index is 0.446. The Morgan fingerprint density at radius 3 is 2.48 bits per heavy atom. The number of rotatable bonds is 4. The minimum Gasteiger partial charge on any atom is -0.389 e. The van der Waals surface area contributed by atoms with Crippen LogP contribution in [0.2, 0.25) is 0 Å². The Labute approximate surface area is 128 Å². The number of hydrogen-bond donors (Lipinski definition) is 1. The first kappa shape index (κ1) is 15.1. The van der Waals surface area contributed by atoms with Gasteiger partial charge in [-0.25, -0.2) is 0 Å². The van der Waals surface area contributed by atoms with Gasteiger partial charge >= 0.3 is 0 Å². The molecule has 1 spiro atoms. The molecule has 1 atom stereocenters. The van der Waals surface area contributed by atoms with Gasteiger partial charge in [0, 0.05) is 18.7 Å². The van der Waals surface area contributed by atoms with E-state index in [4.69, 9.17) is 0 Å². The maximum absolute atomic E-state index is 10.9. The first-order chi connectivity index (χ1) is 10.0. The van der Waals surface area contributed by atoms with Crippen molar-refractivity contribution in [3.05, 3.63) is 18.0 Å². The van der Waals surface area contributed by atoms with Crippen LogP contribution in [0.25, 0.3) is 0 Å². The SMILES string of the molecule is CCC(C)n1ccc(CC2(O)CCC3(CCCC3)CC2)n1. The predicted octanol–water partition coefficient (Wildman–Crippen LogP) is 4.26. The summed E-state index contributed by atoms with van der Waals surface area (Å²) >= 11 is 0. The van der Waals surface area contributed by atoms with Gasteiger partial charge in [0.25, 0.3) is 0 Å². The van der Waals surface area contributed by atoms with Crippen LogP contribution in [-0.2, 0) is 6.42 Å². The van der Waals surface area contributed by atoms with Crippen molar-refractivity contribution in [2.75, 3.05) is 0 Å². The topological polar surface area (TPSA) is 38.0 Å². The lowest BCUT2D eigenvalue weighted by Gasteiger charge is -2.42. The molecule has 0 saturated heterocycles. The van der Waals surface area contributed by atoms with Crippen molar-refractivity contribution >= 4 is 0 Å². The van der Waals surface area contributed by atoms with Crippen LogP contribution in [0.1, 0.15) is 83.4 Å². The fourth-order valence-electron chi connectivity index (χ4n) is 4.29. The maximum Gasteiger partial charge on any atom is 0.0704 e. The van der Waals surface area contributed by atoms with Gasteiger partial charge in [-0.1, -0.05) is 19.8 Å². The molecule has 1 heterocycles. The Hall–Kier alpha value is -0.830. The minimum atomic E-state index is -0.511. The van der Waals surface area contributed by atoms with Gasteiger partial charge in [0.05, 0.1) is 11.3 Å². The third-order valence-electron chi connectivity index (χ3n) is 6.12. The number of aromatic nitrogens is 2. The van der Waals surface area contributed by atoms with Crippen molar-refractivity contribution in [2.45, 2.75) is 89.7 Å². The number of hydrogen-bond acceptors (Lipinski definition) is 2. The summed E-state index contributed by atoms with van der Waals surface area (Å²) in [5.74, 6) is 0. The quantitative estimate of drug-likeness (QED) is 0.899. The fourth-order valence-corrected chi connectivity index (χ4v) is 4.29. The molecule has 2 saturated carbocycles. The molecule has 118 valence electrons. The van der Waals surface area contributed by atoms with Crippen molar-refractivity contribution in [3.63, 3.8) is 0 Å². The summed E-state index contributed by atoms with van der Waals surface area (Å²) in [6.45, 7) is 4.37. The lowest BCUT2D eigenvalue weighted by Crippen LogP contribution is -2.40. The van der Waals surface area contributed by atoms with Crippen LogP contribution < -0.4 is 0 Å². The third kappa shape index (κ3) is 3.18. The van der Waals surface area contributed by atoms with Crippen LogP contribution in [0.15, 0.2) is 12.3 Å². The molecule has 1 aromatic rings. The van der Waals surface area contributed by atoms with Gasteiger partial charge in [0.15, 0.2) is 0 Å². The molecule has 0 radical (unpaired) electrons. The van der Waals surface area contributed by atoms with Crippen LogP contribution in [0.4, 0.5) is 0 Å². The Balaban J connectivity index is 1.61. The first-order valence-corrected chi connectivity index (χ1v) is 8.81. The van der Waals surface area contributed by atoms with E-state index in [-0.39, 0.29) is 0 Å². The molecule has 1 unspecified atom stereocenters. The molecule has 0 amide bonds. The summed E-state index contributed by atoms with van der Waals surface area (Å²) < 4.78 is 2.04. The monoisotopic (exact) mass is 290 g/mol. The van der Waals surface area contributed by atoms with E-state index >= 15 is 0 Å². The average Bonchev–Trinajstić information content (AvgIpc) is 3.12. The molecule has 3 heteroatoms. The Bertz CT molecular complexity index is 463. The second kappa shape index (κ2) is 5.75. The Morgan fingerprint density at radius 1 is 1.19 bits per heavy atom. The summed E-state index contributed by atoms with van der Waals surface area (Å²) in [5, 5.41) is 15.6. The Morgan fingerprint density at radius 2 is 1.86 bits per heavy atom. The second-order valence-electron chi connectivity index (χ2n) is 7.65. The van der Waals surface area contributed by atoms with E-state index in [1.807, 2.05) is 4.68 Å². The van der Waals surface area contributed by atoms with Crippen LogP contribution in [0.3, 0.4) is 0 Å². The molecule has 3 nitrogen and oxygen atoms in total. The zero-order chi connectivity index (χ0) is 14.9. The molecule has 1 aromatic heterocycles. The van der Waals surface area contributed by atoms with E-state index in [2.05, 4.69) is 31.2 Å². The van der Waals surface area contributed by atoms with E-state index in [9.17, 15) is 5.11 Å². The van der Waals surface area contributed by atoms with Crippen molar-refractivity contribution in [1.29, 1.82) is 0 Å². The smallest absolute Gasteiger partial charge is 0.0704 e. The molecule has 0 aliphatic heterocycles. The lowest BCUT2D eigenvalue weighted by molar-refractivity contribution is -0.0329. The molecule has 3 rings (SSSR count). The largest absolute Gasteiger partial charge is 0.389 e. The molecule has 0 aromatic carbocycles. The molecule has 2 aliphatic rings.